The number of anilines is 1. The second-order valence-electron chi connectivity index (χ2n) is 5.84. The van der Waals surface area contributed by atoms with E-state index < -0.39 is 5.97 Å². The van der Waals surface area contributed by atoms with E-state index in [0.29, 0.717) is 39.4 Å². The molecule has 11 heteroatoms. The summed E-state index contributed by atoms with van der Waals surface area (Å²) in [5, 5.41) is 14.4. The normalized spacial score (nSPS) is 10.6. The van der Waals surface area contributed by atoms with Crippen LogP contribution in [0.5, 0.6) is 5.75 Å². The number of aromatic nitrogens is 5. The minimum atomic E-state index is -0.451. The molecule has 1 aromatic carbocycles. The lowest BCUT2D eigenvalue weighted by atomic mass is 10.2. The highest BCUT2D eigenvalue weighted by atomic mass is 32.1. The first-order chi connectivity index (χ1) is 14.0. The van der Waals surface area contributed by atoms with Gasteiger partial charge in [0.1, 0.15) is 17.2 Å². The highest BCUT2D eigenvalue weighted by Gasteiger charge is 2.18. The lowest BCUT2D eigenvalue weighted by Gasteiger charge is -2.07. The summed E-state index contributed by atoms with van der Waals surface area (Å²) in [5.41, 5.74) is 0.901. The van der Waals surface area contributed by atoms with Crippen LogP contribution >= 0.6 is 11.3 Å². The topological polar surface area (TPSA) is 121 Å². The van der Waals surface area contributed by atoms with Gasteiger partial charge in [-0.25, -0.2) is 14.5 Å². The number of thiazole rings is 1. The van der Waals surface area contributed by atoms with Crippen LogP contribution in [0.3, 0.4) is 0 Å². The lowest BCUT2D eigenvalue weighted by Crippen LogP contribution is -2.12. The molecule has 0 saturated heterocycles. The van der Waals surface area contributed by atoms with Crippen LogP contribution in [0.4, 0.5) is 5.13 Å². The van der Waals surface area contributed by atoms with Crippen LogP contribution in [0.25, 0.3) is 0 Å². The molecule has 1 N–H and O–H groups in total. The molecule has 2 heterocycles. The second-order valence-corrected chi connectivity index (χ2v) is 6.83. The van der Waals surface area contributed by atoms with Crippen molar-refractivity contribution in [1.82, 2.24) is 25.2 Å². The molecule has 0 aliphatic heterocycles. The van der Waals surface area contributed by atoms with Crippen LogP contribution in [0.1, 0.15) is 45.4 Å². The van der Waals surface area contributed by atoms with Gasteiger partial charge in [-0.15, -0.1) is 5.10 Å². The maximum absolute atomic E-state index is 12.6. The first-order valence-electron chi connectivity index (χ1n) is 8.95. The molecule has 0 atom stereocenters. The Morgan fingerprint density at radius 3 is 2.86 bits per heavy atom. The van der Waals surface area contributed by atoms with Gasteiger partial charge in [-0.2, -0.15) is 0 Å². The Hall–Kier alpha value is -3.34. The fourth-order valence-electron chi connectivity index (χ4n) is 2.45. The standard InChI is InChI=1S/C18H20N6O4S/c1-4-24-14(21-22-23-24)10-28-13-8-6-7-12(9-13)16(25)20-18-19-11(3)15(29-18)17(26)27-5-2/h6-9H,4-5,10H2,1-3H3,(H,19,20,25). The first kappa shape index (κ1) is 20.4. The van der Waals surface area contributed by atoms with E-state index >= 15 is 0 Å². The Labute approximate surface area is 170 Å². The molecule has 0 radical (unpaired) electrons. The molecule has 2 aromatic heterocycles. The molecule has 0 aliphatic rings. The summed E-state index contributed by atoms with van der Waals surface area (Å²) in [6, 6.07) is 6.72. The summed E-state index contributed by atoms with van der Waals surface area (Å²) >= 11 is 1.07. The van der Waals surface area contributed by atoms with Gasteiger partial charge in [0.05, 0.1) is 12.3 Å². The summed E-state index contributed by atoms with van der Waals surface area (Å²) < 4.78 is 12.3. The minimum absolute atomic E-state index is 0.181. The van der Waals surface area contributed by atoms with E-state index in [2.05, 4.69) is 25.8 Å². The number of hydrogen-bond acceptors (Lipinski definition) is 9. The van der Waals surface area contributed by atoms with E-state index in [9.17, 15) is 9.59 Å². The van der Waals surface area contributed by atoms with Gasteiger partial charge in [0, 0.05) is 12.1 Å². The predicted molar refractivity (Wildman–Crippen MR) is 105 cm³/mol. The van der Waals surface area contributed by atoms with Crippen LogP contribution in [0, 0.1) is 6.92 Å². The van der Waals surface area contributed by atoms with Crippen molar-refractivity contribution >= 4 is 28.3 Å². The highest BCUT2D eigenvalue weighted by Crippen LogP contribution is 2.24. The van der Waals surface area contributed by atoms with E-state index in [-0.39, 0.29) is 19.1 Å². The summed E-state index contributed by atoms with van der Waals surface area (Å²) in [5.74, 6) is 0.281. The van der Waals surface area contributed by atoms with Crippen molar-refractivity contribution in [1.29, 1.82) is 0 Å². The SMILES string of the molecule is CCOC(=O)c1sc(NC(=O)c2cccc(OCc3nnnn3CC)c2)nc1C. The van der Waals surface area contributed by atoms with E-state index in [0.717, 1.165) is 11.3 Å². The van der Waals surface area contributed by atoms with E-state index in [4.69, 9.17) is 9.47 Å². The molecule has 0 aliphatic carbocycles. The molecule has 0 fully saturated rings. The Kier molecular flexibility index (Phi) is 6.50. The Bertz CT molecular complexity index is 1020. The van der Waals surface area contributed by atoms with Crippen molar-refractivity contribution in [3.63, 3.8) is 0 Å². The number of esters is 1. The van der Waals surface area contributed by atoms with Crippen molar-refractivity contribution in [2.75, 3.05) is 11.9 Å². The summed E-state index contributed by atoms with van der Waals surface area (Å²) in [7, 11) is 0. The van der Waals surface area contributed by atoms with Gasteiger partial charge in [-0.3, -0.25) is 10.1 Å². The number of tetrazole rings is 1. The third kappa shape index (κ3) is 4.93. The summed E-state index contributed by atoms with van der Waals surface area (Å²) in [6.07, 6.45) is 0. The van der Waals surface area contributed by atoms with Gasteiger partial charge in [0.15, 0.2) is 11.0 Å². The Morgan fingerprint density at radius 1 is 1.28 bits per heavy atom. The van der Waals surface area contributed by atoms with E-state index in [1.807, 2.05) is 6.92 Å². The number of nitrogens with zero attached hydrogens (tertiary/aromatic N) is 5. The smallest absolute Gasteiger partial charge is 0.350 e. The van der Waals surface area contributed by atoms with Crippen LogP contribution in [0.15, 0.2) is 24.3 Å². The van der Waals surface area contributed by atoms with Crippen molar-refractivity contribution in [3.05, 3.63) is 46.2 Å². The molecule has 3 aromatic rings. The number of ether oxygens (including phenoxy) is 2. The predicted octanol–water partition coefficient (Wildman–Crippen LogP) is 2.47. The Morgan fingerprint density at radius 2 is 2.10 bits per heavy atom. The van der Waals surface area contributed by atoms with Gasteiger partial charge in [-0.1, -0.05) is 17.4 Å². The molecule has 0 saturated carbocycles. The molecule has 1 amide bonds. The van der Waals surface area contributed by atoms with Gasteiger partial charge < -0.3 is 9.47 Å². The fourth-order valence-corrected chi connectivity index (χ4v) is 3.31. The maximum Gasteiger partial charge on any atom is 0.350 e. The van der Waals surface area contributed by atoms with Crippen LogP contribution in [0.2, 0.25) is 0 Å². The highest BCUT2D eigenvalue weighted by molar-refractivity contribution is 7.17. The number of benzene rings is 1. The third-order valence-corrected chi connectivity index (χ3v) is 4.90. The summed E-state index contributed by atoms with van der Waals surface area (Å²) in [4.78, 5) is 29.0. The molecule has 152 valence electrons. The molecular weight excluding hydrogens is 396 g/mol. The van der Waals surface area contributed by atoms with Crippen LogP contribution in [-0.2, 0) is 17.9 Å². The third-order valence-electron chi connectivity index (χ3n) is 3.85. The average Bonchev–Trinajstić information content (AvgIpc) is 3.32. The number of nitrogens with one attached hydrogen (secondary N) is 1. The number of aryl methyl sites for hydroxylation is 2. The zero-order chi connectivity index (χ0) is 20.8. The zero-order valence-electron chi connectivity index (χ0n) is 16.2. The Balaban J connectivity index is 1.66. The van der Waals surface area contributed by atoms with Crippen molar-refractivity contribution in [2.24, 2.45) is 0 Å². The molecule has 10 nitrogen and oxygen atoms in total. The van der Waals surface area contributed by atoms with E-state index in [1.165, 1.54) is 0 Å². The second kappa shape index (κ2) is 9.24. The molecule has 0 bridgehead atoms. The van der Waals surface area contributed by atoms with Crippen LogP contribution < -0.4 is 10.1 Å². The van der Waals surface area contributed by atoms with Gasteiger partial charge in [0.25, 0.3) is 5.91 Å². The number of amides is 1. The minimum Gasteiger partial charge on any atom is -0.486 e. The van der Waals surface area contributed by atoms with Gasteiger partial charge >= 0.3 is 5.97 Å². The number of hydrogen-bond donors (Lipinski definition) is 1. The molecule has 3 rings (SSSR count). The molecule has 29 heavy (non-hydrogen) atoms. The molecule has 0 unspecified atom stereocenters. The van der Waals surface area contributed by atoms with Gasteiger partial charge in [-0.05, 0) is 49.4 Å². The maximum atomic E-state index is 12.6. The largest absolute Gasteiger partial charge is 0.486 e. The number of rotatable bonds is 8. The number of carbonyl (C=O) groups is 2. The van der Waals surface area contributed by atoms with Crippen molar-refractivity contribution < 1.29 is 19.1 Å². The number of carbonyl (C=O) groups excluding carboxylic acids is 2. The monoisotopic (exact) mass is 416 g/mol. The van der Waals surface area contributed by atoms with Crippen LogP contribution in [-0.4, -0.2) is 43.7 Å². The lowest BCUT2D eigenvalue weighted by molar-refractivity contribution is 0.0531. The van der Waals surface area contributed by atoms with Gasteiger partial charge in [0.2, 0.25) is 0 Å². The zero-order valence-corrected chi connectivity index (χ0v) is 17.0. The fraction of sp³-hybridized carbons (Fsp3) is 0.333. The first-order valence-corrected chi connectivity index (χ1v) is 9.77. The molecular formula is C18H20N6O4S. The average molecular weight is 416 g/mol. The van der Waals surface area contributed by atoms with Crippen molar-refractivity contribution in [2.45, 2.75) is 33.9 Å². The summed E-state index contributed by atoms with van der Waals surface area (Å²) in [6.45, 7) is 6.44. The quantitative estimate of drug-likeness (QED) is 0.556. The van der Waals surface area contributed by atoms with Crippen molar-refractivity contribution in [3.8, 4) is 5.75 Å². The molecule has 0 spiro atoms. The van der Waals surface area contributed by atoms with E-state index in [1.54, 1.807) is 42.8 Å².